The average Bonchev–Trinajstić information content (AvgIpc) is 2.76. The third-order valence-corrected chi connectivity index (χ3v) is 5.54. The summed E-state index contributed by atoms with van der Waals surface area (Å²) in [6, 6.07) is 11.7. The van der Waals surface area contributed by atoms with Crippen LogP contribution < -0.4 is 9.47 Å². The van der Waals surface area contributed by atoms with Crippen molar-refractivity contribution in [3.8, 4) is 17.6 Å². The van der Waals surface area contributed by atoms with Crippen LogP contribution in [0.1, 0.15) is 56.3 Å². The summed E-state index contributed by atoms with van der Waals surface area (Å²) in [5.41, 5.74) is 2.72. The van der Waals surface area contributed by atoms with Crippen molar-refractivity contribution in [3.05, 3.63) is 52.8 Å². The molecule has 7 heteroatoms. The molecule has 0 saturated carbocycles. The van der Waals surface area contributed by atoms with Crippen molar-refractivity contribution in [2.75, 3.05) is 13.7 Å². The van der Waals surface area contributed by atoms with Crippen molar-refractivity contribution in [1.82, 2.24) is 9.88 Å². The lowest BCUT2D eigenvalue weighted by Crippen LogP contribution is -2.45. The van der Waals surface area contributed by atoms with Crippen LogP contribution >= 0.6 is 0 Å². The number of ether oxygens (including phenoxy) is 3. The average molecular weight is 438 g/mol. The first kappa shape index (κ1) is 23.4. The second kappa shape index (κ2) is 9.47. The van der Waals surface area contributed by atoms with E-state index in [4.69, 9.17) is 14.2 Å². The van der Waals surface area contributed by atoms with Gasteiger partial charge in [0.15, 0.2) is 5.60 Å². The van der Waals surface area contributed by atoms with Gasteiger partial charge < -0.3 is 19.1 Å². The van der Waals surface area contributed by atoms with Crippen molar-refractivity contribution in [3.63, 3.8) is 0 Å². The maximum atomic E-state index is 12.8. The zero-order valence-corrected chi connectivity index (χ0v) is 19.6. The zero-order valence-electron chi connectivity index (χ0n) is 19.6. The standard InChI is InChI=1S/C25H31N3O4/c1-16(2)23-20-9-8-19(31-14-21-22(30-6)10-7-17(3)27-21)13-18(20)11-12-28(23)24(29)32-25(4,5)15-26/h7-10,13,16,23H,11-12,14H2,1-6H3. The van der Waals surface area contributed by atoms with Gasteiger partial charge in [-0.25, -0.2) is 4.79 Å². The van der Waals surface area contributed by atoms with Crippen molar-refractivity contribution in [2.24, 2.45) is 5.92 Å². The number of nitriles is 1. The van der Waals surface area contributed by atoms with Gasteiger partial charge in [0.05, 0.1) is 13.2 Å². The SMILES string of the molecule is COc1ccc(C)nc1COc1ccc2c(c1)CCN(C(=O)OC(C)(C)C#N)C2C(C)C. The van der Waals surface area contributed by atoms with E-state index in [1.165, 1.54) is 0 Å². The molecule has 1 aliphatic heterocycles. The van der Waals surface area contributed by atoms with E-state index in [0.29, 0.717) is 25.3 Å². The molecule has 170 valence electrons. The highest BCUT2D eigenvalue weighted by molar-refractivity contribution is 5.70. The minimum atomic E-state index is -1.17. The molecule has 32 heavy (non-hydrogen) atoms. The molecule has 0 spiro atoms. The lowest BCUT2D eigenvalue weighted by molar-refractivity contribution is 0.0255. The molecule has 0 bridgehead atoms. The Morgan fingerprint density at radius 3 is 2.72 bits per heavy atom. The van der Waals surface area contributed by atoms with E-state index in [2.05, 4.69) is 18.8 Å². The molecule has 0 saturated heterocycles. The minimum Gasteiger partial charge on any atom is -0.495 e. The van der Waals surface area contributed by atoms with Crippen molar-refractivity contribution < 1.29 is 19.0 Å². The minimum absolute atomic E-state index is 0.131. The maximum absolute atomic E-state index is 12.8. The molecule has 0 N–H and O–H groups in total. The van der Waals surface area contributed by atoms with E-state index < -0.39 is 11.7 Å². The Labute approximate surface area is 189 Å². The van der Waals surface area contributed by atoms with E-state index >= 15 is 0 Å². The Bertz CT molecular complexity index is 1030. The summed E-state index contributed by atoms with van der Waals surface area (Å²) in [4.78, 5) is 19.1. The fourth-order valence-electron chi connectivity index (χ4n) is 3.99. The molecular formula is C25H31N3O4. The smallest absolute Gasteiger partial charge is 0.411 e. The van der Waals surface area contributed by atoms with Crippen LogP contribution in [0.25, 0.3) is 0 Å². The maximum Gasteiger partial charge on any atom is 0.411 e. The van der Waals surface area contributed by atoms with E-state index in [-0.39, 0.29) is 12.0 Å². The Morgan fingerprint density at radius 1 is 1.31 bits per heavy atom. The molecule has 0 aliphatic carbocycles. The Balaban J connectivity index is 1.80. The van der Waals surface area contributed by atoms with Gasteiger partial charge in [0.25, 0.3) is 0 Å². The van der Waals surface area contributed by atoms with Gasteiger partial charge in [0.1, 0.15) is 29.9 Å². The van der Waals surface area contributed by atoms with Crippen LogP contribution in [0.15, 0.2) is 30.3 Å². The van der Waals surface area contributed by atoms with Crippen LogP contribution in [0.4, 0.5) is 4.79 Å². The van der Waals surface area contributed by atoms with Gasteiger partial charge in [0, 0.05) is 12.2 Å². The second-order valence-corrected chi connectivity index (χ2v) is 8.87. The number of amides is 1. The number of hydrogen-bond donors (Lipinski definition) is 0. The van der Waals surface area contributed by atoms with E-state index in [0.717, 1.165) is 28.3 Å². The summed E-state index contributed by atoms with van der Waals surface area (Å²) in [5, 5.41) is 9.21. The Kier molecular flexibility index (Phi) is 6.93. The molecular weight excluding hydrogens is 406 g/mol. The number of rotatable bonds is 6. The van der Waals surface area contributed by atoms with Crippen LogP contribution in [-0.4, -0.2) is 35.2 Å². The normalized spacial score (nSPS) is 15.7. The van der Waals surface area contributed by atoms with Gasteiger partial charge in [-0.15, -0.1) is 0 Å². The fraction of sp³-hybridized carbons (Fsp3) is 0.480. The van der Waals surface area contributed by atoms with Crippen molar-refractivity contribution in [2.45, 2.75) is 59.3 Å². The Hall–Kier alpha value is -3.27. The fourth-order valence-corrected chi connectivity index (χ4v) is 3.99. The topological polar surface area (TPSA) is 84.7 Å². The lowest BCUT2D eigenvalue weighted by atomic mass is 9.86. The molecule has 1 aromatic heterocycles. The summed E-state index contributed by atoms with van der Waals surface area (Å²) in [6.07, 6.45) is 0.225. The Morgan fingerprint density at radius 2 is 2.06 bits per heavy atom. The van der Waals surface area contributed by atoms with Gasteiger partial charge in [-0.3, -0.25) is 4.98 Å². The van der Waals surface area contributed by atoms with Crippen molar-refractivity contribution >= 4 is 6.09 Å². The summed E-state index contributed by atoms with van der Waals surface area (Å²) in [6.45, 7) is 10.1. The molecule has 1 aliphatic rings. The number of aryl methyl sites for hydroxylation is 1. The van der Waals surface area contributed by atoms with E-state index in [1.807, 2.05) is 43.3 Å². The third kappa shape index (κ3) is 5.13. The first-order chi connectivity index (χ1) is 15.1. The number of fused-ring (bicyclic) bond motifs is 1. The molecule has 2 heterocycles. The van der Waals surface area contributed by atoms with E-state index in [9.17, 15) is 10.1 Å². The second-order valence-electron chi connectivity index (χ2n) is 8.87. The predicted molar refractivity (Wildman–Crippen MR) is 120 cm³/mol. The number of aromatic nitrogens is 1. The molecule has 3 rings (SSSR count). The molecule has 1 unspecified atom stereocenters. The number of pyridine rings is 1. The molecule has 1 amide bonds. The summed E-state index contributed by atoms with van der Waals surface area (Å²) in [7, 11) is 1.62. The molecule has 1 atom stereocenters. The summed E-state index contributed by atoms with van der Waals surface area (Å²) in [5.74, 6) is 1.63. The van der Waals surface area contributed by atoms with Crippen molar-refractivity contribution in [1.29, 1.82) is 5.26 Å². The first-order valence-electron chi connectivity index (χ1n) is 10.8. The third-order valence-electron chi connectivity index (χ3n) is 5.54. The highest BCUT2D eigenvalue weighted by Gasteiger charge is 2.36. The highest BCUT2D eigenvalue weighted by atomic mass is 16.6. The molecule has 1 aromatic carbocycles. The predicted octanol–water partition coefficient (Wildman–Crippen LogP) is 4.97. The molecule has 2 aromatic rings. The monoisotopic (exact) mass is 437 g/mol. The lowest BCUT2D eigenvalue weighted by Gasteiger charge is -2.40. The molecule has 0 radical (unpaired) electrons. The molecule has 0 fully saturated rings. The number of benzene rings is 1. The van der Waals surface area contributed by atoms with Crippen LogP contribution in [0, 0.1) is 24.2 Å². The zero-order chi connectivity index (χ0) is 23.5. The summed E-state index contributed by atoms with van der Waals surface area (Å²) >= 11 is 0. The number of carbonyl (C=O) groups is 1. The van der Waals surface area contributed by atoms with Gasteiger partial charge in [-0.1, -0.05) is 19.9 Å². The van der Waals surface area contributed by atoms with E-state index in [1.54, 1.807) is 25.9 Å². The first-order valence-corrected chi connectivity index (χ1v) is 10.8. The van der Waals surface area contributed by atoms with Gasteiger partial charge in [0.2, 0.25) is 0 Å². The van der Waals surface area contributed by atoms with Crippen LogP contribution in [0.2, 0.25) is 0 Å². The van der Waals surface area contributed by atoms with Gasteiger partial charge >= 0.3 is 6.09 Å². The highest BCUT2D eigenvalue weighted by Crippen LogP contribution is 2.37. The number of hydrogen-bond acceptors (Lipinski definition) is 6. The van der Waals surface area contributed by atoms with Crippen LogP contribution in [0.5, 0.6) is 11.5 Å². The quantitative estimate of drug-likeness (QED) is 0.634. The number of nitrogens with zero attached hydrogens (tertiary/aromatic N) is 3. The van der Waals surface area contributed by atoms with Gasteiger partial charge in [-0.2, -0.15) is 5.26 Å². The van der Waals surface area contributed by atoms with Crippen LogP contribution in [0.3, 0.4) is 0 Å². The largest absolute Gasteiger partial charge is 0.495 e. The number of carbonyl (C=O) groups excluding carboxylic acids is 1. The van der Waals surface area contributed by atoms with Crippen LogP contribution in [-0.2, 0) is 17.8 Å². The number of methoxy groups -OCH3 is 1. The molecule has 7 nitrogen and oxygen atoms in total. The van der Waals surface area contributed by atoms with Gasteiger partial charge in [-0.05, 0) is 68.5 Å². The summed E-state index contributed by atoms with van der Waals surface area (Å²) < 4.78 is 16.9.